The van der Waals surface area contributed by atoms with Crippen molar-refractivity contribution in [2.45, 2.75) is 6.17 Å². The number of amides is 1. The highest BCUT2D eigenvalue weighted by molar-refractivity contribution is 9.10. The lowest BCUT2D eigenvalue weighted by Crippen LogP contribution is -2.43. The summed E-state index contributed by atoms with van der Waals surface area (Å²) in [7, 11) is 0. The van der Waals surface area contributed by atoms with Gasteiger partial charge in [-0.3, -0.25) is 9.69 Å². The first-order chi connectivity index (χ1) is 14.1. The highest BCUT2D eigenvalue weighted by Gasteiger charge is 2.36. The number of halogens is 1. The van der Waals surface area contributed by atoms with Crippen molar-refractivity contribution >= 4 is 44.0 Å². The first kappa shape index (κ1) is 17.8. The number of phenols is 1. The Morgan fingerprint density at radius 3 is 2.55 bits per heavy atom. The Bertz CT molecular complexity index is 1250. The van der Waals surface area contributed by atoms with Gasteiger partial charge in [0.1, 0.15) is 11.9 Å². The van der Waals surface area contributed by atoms with Gasteiger partial charge in [0, 0.05) is 21.1 Å². The number of hydrogen-bond acceptors (Lipinski definition) is 3. The summed E-state index contributed by atoms with van der Waals surface area (Å²) in [5.74, 6) is 0.0168. The van der Waals surface area contributed by atoms with Gasteiger partial charge in [0.2, 0.25) is 0 Å². The molecular formula is C24H17BrN2O2. The summed E-state index contributed by atoms with van der Waals surface area (Å²) in [6.45, 7) is 0. The van der Waals surface area contributed by atoms with E-state index in [1.54, 1.807) is 17.0 Å². The second-order valence-electron chi connectivity index (χ2n) is 6.97. The van der Waals surface area contributed by atoms with Crippen molar-refractivity contribution in [2.75, 3.05) is 10.2 Å². The van der Waals surface area contributed by atoms with E-state index >= 15 is 0 Å². The van der Waals surface area contributed by atoms with Crippen LogP contribution in [0.15, 0.2) is 89.4 Å². The monoisotopic (exact) mass is 444 g/mol. The Morgan fingerprint density at radius 2 is 1.66 bits per heavy atom. The average Bonchev–Trinajstić information content (AvgIpc) is 2.75. The molecule has 0 saturated heterocycles. The molecule has 4 aromatic rings. The third-order valence-corrected chi connectivity index (χ3v) is 5.73. The van der Waals surface area contributed by atoms with Crippen molar-refractivity contribution in [3.05, 3.63) is 101 Å². The summed E-state index contributed by atoms with van der Waals surface area (Å²) in [5, 5.41) is 16.1. The fraction of sp³-hybridized carbons (Fsp3) is 0.0417. The van der Waals surface area contributed by atoms with Crippen LogP contribution in [0.25, 0.3) is 10.8 Å². The molecule has 0 aliphatic carbocycles. The highest BCUT2D eigenvalue weighted by Crippen LogP contribution is 2.42. The molecular weight excluding hydrogens is 428 g/mol. The van der Waals surface area contributed by atoms with Crippen LogP contribution in [0.4, 0.5) is 11.4 Å². The number of nitrogens with zero attached hydrogens (tertiary/aromatic N) is 1. The second-order valence-corrected chi connectivity index (χ2v) is 7.88. The minimum Gasteiger partial charge on any atom is -0.508 e. The van der Waals surface area contributed by atoms with E-state index in [2.05, 4.69) is 21.2 Å². The van der Waals surface area contributed by atoms with Crippen molar-refractivity contribution in [1.29, 1.82) is 0 Å². The van der Waals surface area contributed by atoms with Gasteiger partial charge in [0.15, 0.2) is 0 Å². The van der Waals surface area contributed by atoms with E-state index in [1.165, 1.54) is 0 Å². The maximum atomic E-state index is 13.6. The lowest BCUT2D eigenvalue weighted by Gasteiger charge is -2.39. The van der Waals surface area contributed by atoms with Gasteiger partial charge in [0.05, 0.1) is 11.3 Å². The van der Waals surface area contributed by atoms with Crippen LogP contribution in [0, 0.1) is 0 Å². The number of fused-ring (bicyclic) bond motifs is 2. The molecule has 4 nitrogen and oxygen atoms in total. The molecule has 0 radical (unpaired) electrons. The predicted molar refractivity (Wildman–Crippen MR) is 119 cm³/mol. The number of anilines is 2. The third kappa shape index (κ3) is 2.95. The number of phenolic OH excluding ortho intramolecular Hbond substituents is 1. The molecule has 0 spiro atoms. The summed E-state index contributed by atoms with van der Waals surface area (Å²) in [6, 6.07) is 26.6. The SMILES string of the molecule is O=C1c2ccccc2NC(c2cc(Br)ccc2O)N1c1cccc2ccccc12. The van der Waals surface area contributed by atoms with Gasteiger partial charge in [-0.15, -0.1) is 0 Å². The van der Waals surface area contributed by atoms with Crippen molar-refractivity contribution in [2.24, 2.45) is 0 Å². The maximum Gasteiger partial charge on any atom is 0.262 e. The van der Waals surface area contributed by atoms with E-state index in [9.17, 15) is 9.90 Å². The number of nitrogens with one attached hydrogen (secondary N) is 1. The van der Waals surface area contributed by atoms with E-state index in [-0.39, 0.29) is 11.7 Å². The Morgan fingerprint density at radius 1 is 0.897 bits per heavy atom. The van der Waals surface area contributed by atoms with Gasteiger partial charge >= 0.3 is 0 Å². The Kier molecular flexibility index (Phi) is 4.25. The van der Waals surface area contributed by atoms with E-state index in [0.717, 1.165) is 26.6 Å². The van der Waals surface area contributed by atoms with Crippen molar-refractivity contribution in [3.8, 4) is 5.75 Å². The van der Waals surface area contributed by atoms with Gasteiger partial charge in [-0.25, -0.2) is 0 Å². The smallest absolute Gasteiger partial charge is 0.262 e. The minimum absolute atomic E-state index is 0.111. The summed E-state index contributed by atoms with van der Waals surface area (Å²) in [4.78, 5) is 15.4. The maximum absolute atomic E-state index is 13.6. The van der Waals surface area contributed by atoms with Crippen molar-refractivity contribution in [3.63, 3.8) is 0 Å². The molecule has 1 unspecified atom stereocenters. The molecule has 1 heterocycles. The van der Waals surface area contributed by atoms with Gasteiger partial charge in [-0.2, -0.15) is 0 Å². The molecule has 2 N–H and O–H groups in total. The summed E-state index contributed by atoms with van der Waals surface area (Å²) in [6.07, 6.45) is -0.555. The lowest BCUT2D eigenvalue weighted by atomic mass is 10.00. The van der Waals surface area contributed by atoms with Crippen LogP contribution in [-0.2, 0) is 0 Å². The molecule has 0 aromatic heterocycles. The normalized spacial score (nSPS) is 15.8. The molecule has 5 heteroatoms. The predicted octanol–water partition coefficient (Wildman–Crippen LogP) is 6.08. The summed E-state index contributed by atoms with van der Waals surface area (Å²) < 4.78 is 0.830. The minimum atomic E-state index is -0.555. The average molecular weight is 445 g/mol. The van der Waals surface area contributed by atoms with E-state index < -0.39 is 6.17 Å². The fourth-order valence-electron chi connectivity index (χ4n) is 3.88. The van der Waals surface area contributed by atoms with E-state index in [1.807, 2.05) is 72.8 Å². The topological polar surface area (TPSA) is 52.6 Å². The van der Waals surface area contributed by atoms with Gasteiger partial charge < -0.3 is 10.4 Å². The van der Waals surface area contributed by atoms with Crippen LogP contribution in [0.3, 0.4) is 0 Å². The molecule has 0 fully saturated rings. The molecule has 1 aliphatic heterocycles. The molecule has 4 aromatic carbocycles. The Hall–Kier alpha value is -3.31. The van der Waals surface area contributed by atoms with Crippen LogP contribution in [0.5, 0.6) is 5.75 Å². The van der Waals surface area contributed by atoms with Gasteiger partial charge in [-0.1, -0.05) is 64.5 Å². The lowest BCUT2D eigenvalue weighted by molar-refractivity contribution is 0.0975. The number of carbonyl (C=O) groups excluding carboxylic acids is 1. The number of hydrogen-bond donors (Lipinski definition) is 2. The van der Waals surface area contributed by atoms with E-state index in [4.69, 9.17) is 0 Å². The molecule has 1 atom stereocenters. The zero-order valence-corrected chi connectivity index (χ0v) is 16.9. The molecule has 29 heavy (non-hydrogen) atoms. The summed E-state index contributed by atoms with van der Waals surface area (Å²) in [5.41, 5.74) is 2.76. The van der Waals surface area contributed by atoms with Crippen LogP contribution < -0.4 is 10.2 Å². The Balaban J connectivity index is 1.77. The summed E-state index contributed by atoms with van der Waals surface area (Å²) >= 11 is 3.48. The van der Waals surface area contributed by atoms with Gasteiger partial charge in [0.25, 0.3) is 5.91 Å². The van der Waals surface area contributed by atoms with E-state index in [0.29, 0.717) is 11.1 Å². The largest absolute Gasteiger partial charge is 0.508 e. The second kappa shape index (κ2) is 6.94. The van der Waals surface area contributed by atoms with Gasteiger partial charge in [-0.05, 0) is 41.8 Å². The van der Waals surface area contributed by atoms with Crippen molar-refractivity contribution in [1.82, 2.24) is 0 Å². The molecule has 1 aliphatic rings. The molecule has 0 saturated carbocycles. The zero-order valence-electron chi connectivity index (χ0n) is 15.3. The first-order valence-corrected chi connectivity index (χ1v) is 10.1. The number of carbonyl (C=O) groups is 1. The number of rotatable bonds is 2. The molecule has 0 bridgehead atoms. The van der Waals surface area contributed by atoms with Crippen LogP contribution in [-0.4, -0.2) is 11.0 Å². The zero-order chi connectivity index (χ0) is 20.0. The standard InChI is InChI=1S/C24H17BrN2O2/c25-16-12-13-22(28)19(14-16)23-26-20-10-4-3-9-18(20)24(29)27(23)21-11-5-7-15-6-1-2-8-17(15)21/h1-14,23,26,28H. The van der Waals surface area contributed by atoms with Crippen LogP contribution >= 0.6 is 15.9 Å². The first-order valence-electron chi connectivity index (χ1n) is 9.29. The third-order valence-electron chi connectivity index (χ3n) is 5.24. The molecule has 142 valence electrons. The Labute approximate surface area is 176 Å². The highest BCUT2D eigenvalue weighted by atomic mass is 79.9. The molecule has 1 amide bonds. The van der Waals surface area contributed by atoms with Crippen molar-refractivity contribution < 1.29 is 9.90 Å². The quantitative estimate of drug-likeness (QED) is 0.393. The number of para-hydroxylation sites is 1. The fourth-order valence-corrected chi connectivity index (χ4v) is 4.26. The van der Waals surface area contributed by atoms with Crippen LogP contribution in [0.1, 0.15) is 22.1 Å². The number of aromatic hydroxyl groups is 1. The number of benzene rings is 4. The molecule has 5 rings (SSSR count). The van der Waals surface area contributed by atoms with Crippen LogP contribution in [0.2, 0.25) is 0 Å².